The standard InChI is InChI=1S/C8H7.BrH.Zn/c1-2-8-6-4-3-5-7-8;;/h1-7H;1H;/q;;+1/p-1. The Morgan fingerprint density at radius 3 is 2.20 bits per heavy atom. The quantitative estimate of drug-likeness (QED) is 0.572. The van der Waals surface area contributed by atoms with Crippen LogP contribution in [0.15, 0.2) is 35.0 Å². The van der Waals surface area contributed by atoms with Crippen LogP contribution in [0.4, 0.5) is 0 Å². The van der Waals surface area contributed by atoms with E-state index in [0.717, 1.165) is 0 Å². The van der Waals surface area contributed by atoms with Crippen molar-refractivity contribution in [2.45, 2.75) is 0 Å². The summed E-state index contributed by atoms with van der Waals surface area (Å²) in [6.45, 7) is 0. The zero-order valence-corrected chi connectivity index (χ0v) is 10.2. The second kappa shape index (κ2) is 5.82. The Balaban J connectivity index is 0.000000810. The van der Waals surface area contributed by atoms with Crippen LogP contribution in [0.2, 0.25) is 0 Å². The Morgan fingerprint density at radius 2 is 1.70 bits per heavy atom. The van der Waals surface area contributed by atoms with E-state index >= 15 is 0 Å². The van der Waals surface area contributed by atoms with E-state index in [-0.39, 0.29) is 17.0 Å². The Kier molecular flexibility index (Phi) is 5.86. The average molecular weight is 248 g/mol. The Labute approximate surface area is 81.8 Å². The van der Waals surface area contributed by atoms with Crippen molar-refractivity contribution in [2.24, 2.45) is 0 Å². The van der Waals surface area contributed by atoms with Crippen molar-refractivity contribution < 1.29 is 35.3 Å². The maximum atomic E-state index is 2.16. The van der Waals surface area contributed by atoms with Gasteiger partial charge >= 0.3 is 64.9 Å². The third-order valence-corrected chi connectivity index (χ3v) is 1.60. The SMILES string of the molecule is [Br-].[Zn+]/[CH]=C/c1ccccc1. The Bertz CT molecular complexity index is 194. The molecule has 2 heteroatoms. The first-order valence-corrected chi connectivity index (χ1v) is 4.65. The first-order chi connectivity index (χ1) is 4.43. The molecule has 0 aliphatic carbocycles. The molecule has 0 aliphatic rings. The fourth-order valence-electron chi connectivity index (χ4n) is 0.700. The molecule has 1 aromatic carbocycles. The third-order valence-electron chi connectivity index (χ3n) is 1.11. The summed E-state index contributed by atoms with van der Waals surface area (Å²) in [5.41, 5.74) is 1.30. The zero-order chi connectivity index (χ0) is 6.53. The average Bonchev–Trinajstić information content (AvgIpc) is 1.91. The van der Waals surface area contributed by atoms with Crippen LogP contribution in [0, 0.1) is 0 Å². The molecular formula is C8H7BrZn. The van der Waals surface area contributed by atoms with Gasteiger partial charge in [0.1, 0.15) is 0 Å². The molecule has 1 aromatic rings. The van der Waals surface area contributed by atoms with Gasteiger partial charge in [-0.15, -0.1) is 0 Å². The molecule has 0 N–H and O–H groups in total. The van der Waals surface area contributed by atoms with Gasteiger partial charge in [0.05, 0.1) is 0 Å². The van der Waals surface area contributed by atoms with E-state index < -0.39 is 0 Å². The van der Waals surface area contributed by atoms with Crippen LogP contribution in [-0.4, -0.2) is 0 Å². The molecule has 1 rings (SSSR count). The second-order valence-corrected chi connectivity index (χ2v) is 2.80. The van der Waals surface area contributed by atoms with Crippen LogP contribution < -0.4 is 17.0 Å². The van der Waals surface area contributed by atoms with Crippen molar-refractivity contribution in [3.8, 4) is 0 Å². The molecule has 0 atom stereocenters. The summed E-state index contributed by atoms with van der Waals surface area (Å²) in [4.78, 5) is 0. The van der Waals surface area contributed by atoms with E-state index in [4.69, 9.17) is 0 Å². The summed E-state index contributed by atoms with van der Waals surface area (Å²) in [5, 5.41) is 0. The predicted molar refractivity (Wildman–Crippen MR) is 35.5 cm³/mol. The van der Waals surface area contributed by atoms with Crippen LogP contribution in [0.1, 0.15) is 5.56 Å². The molecule has 10 heavy (non-hydrogen) atoms. The molecular weight excluding hydrogens is 241 g/mol. The predicted octanol–water partition coefficient (Wildman–Crippen LogP) is -0.792. The van der Waals surface area contributed by atoms with E-state index in [9.17, 15) is 0 Å². The van der Waals surface area contributed by atoms with E-state index in [1.54, 1.807) is 0 Å². The van der Waals surface area contributed by atoms with Crippen LogP contribution in [0.5, 0.6) is 0 Å². The first kappa shape index (κ1) is 10.1. The summed E-state index contributed by atoms with van der Waals surface area (Å²) in [6, 6.07) is 10.3. The second-order valence-electron chi connectivity index (χ2n) is 1.81. The molecule has 0 aromatic heterocycles. The van der Waals surface area contributed by atoms with E-state index in [1.165, 1.54) is 23.9 Å². The van der Waals surface area contributed by atoms with Gasteiger partial charge in [-0.1, -0.05) is 0 Å². The molecule has 0 spiro atoms. The number of rotatable bonds is 1. The van der Waals surface area contributed by atoms with Gasteiger partial charge in [0.15, 0.2) is 0 Å². The summed E-state index contributed by atoms with van der Waals surface area (Å²) >= 11 is 1.23. The summed E-state index contributed by atoms with van der Waals surface area (Å²) in [5.74, 6) is 0. The van der Waals surface area contributed by atoms with Crippen molar-refractivity contribution in [1.82, 2.24) is 0 Å². The molecule has 0 saturated carbocycles. The molecule has 48 valence electrons. The van der Waals surface area contributed by atoms with Gasteiger partial charge in [-0.25, -0.2) is 0 Å². The number of hydrogen-bond acceptors (Lipinski definition) is 0. The van der Waals surface area contributed by atoms with Crippen molar-refractivity contribution >= 4 is 6.08 Å². The molecule has 0 amide bonds. The minimum atomic E-state index is 0. The molecule has 0 fully saturated rings. The third kappa shape index (κ3) is 3.29. The summed E-state index contributed by atoms with van der Waals surface area (Å²) in [7, 11) is 0. The summed E-state index contributed by atoms with van der Waals surface area (Å²) < 4.78 is 2.16. The van der Waals surface area contributed by atoms with Crippen molar-refractivity contribution in [1.29, 1.82) is 0 Å². The van der Waals surface area contributed by atoms with E-state index in [0.29, 0.717) is 0 Å². The molecule has 0 saturated heterocycles. The van der Waals surface area contributed by atoms with E-state index in [1.807, 2.05) is 6.07 Å². The summed E-state index contributed by atoms with van der Waals surface area (Å²) in [6.07, 6.45) is 2.14. The Hall–Kier alpha value is 0.0634. The fraction of sp³-hybridized carbons (Fsp3) is 0. The van der Waals surface area contributed by atoms with Crippen LogP contribution in [-0.2, 0) is 18.3 Å². The normalized spacial score (nSPS) is 9.40. The molecule has 0 unspecified atom stereocenters. The van der Waals surface area contributed by atoms with Crippen LogP contribution in [0.25, 0.3) is 6.08 Å². The molecule has 0 aliphatic heterocycles. The van der Waals surface area contributed by atoms with Crippen LogP contribution in [0.3, 0.4) is 0 Å². The number of hydrogen-bond donors (Lipinski definition) is 0. The number of benzene rings is 1. The van der Waals surface area contributed by atoms with Gasteiger partial charge in [0.2, 0.25) is 0 Å². The minimum absolute atomic E-state index is 0. The Morgan fingerprint density at radius 1 is 1.10 bits per heavy atom. The fourth-order valence-corrected chi connectivity index (χ4v) is 1.27. The molecule has 0 heterocycles. The molecule has 0 bridgehead atoms. The van der Waals surface area contributed by atoms with E-state index in [2.05, 4.69) is 35.0 Å². The van der Waals surface area contributed by atoms with Gasteiger partial charge in [-0.05, 0) is 0 Å². The van der Waals surface area contributed by atoms with Gasteiger partial charge in [-0.3, -0.25) is 0 Å². The van der Waals surface area contributed by atoms with Gasteiger partial charge in [0.25, 0.3) is 0 Å². The van der Waals surface area contributed by atoms with Gasteiger partial charge < -0.3 is 17.0 Å². The van der Waals surface area contributed by atoms with Crippen molar-refractivity contribution in [2.75, 3.05) is 0 Å². The maximum absolute atomic E-state index is 2.16. The molecule has 0 nitrogen and oxygen atoms in total. The van der Waals surface area contributed by atoms with Gasteiger partial charge in [0, 0.05) is 0 Å². The monoisotopic (exact) mass is 246 g/mol. The van der Waals surface area contributed by atoms with Crippen molar-refractivity contribution in [3.63, 3.8) is 0 Å². The van der Waals surface area contributed by atoms with Crippen LogP contribution >= 0.6 is 0 Å². The van der Waals surface area contributed by atoms with Crippen molar-refractivity contribution in [3.05, 3.63) is 40.6 Å². The number of halogens is 1. The zero-order valence-electron chi connectivity index (χ0n) is 5.63. The first-order valence-electron chi connectivity index (χ1n) is 2.94. The molecule has 0 radical (unpaired) electrons. The topological polar surface area (TPSA) is 0 Å². The van der Waals surface area contributed by atoms with Gasteiger partial charge in [-0.2, -0.15) is 0 Å².